The van der Waals surface area contributed by atoms with Gasteiger partial charge in [-0.25, -0.2) is 0 Å². The van der Waals surface area contributed by atoms with Crippen LogP contribution in [0, 0.1) is 13.8 Å². The lowest BCUT2D eigenvalue weighted by Crippen LogP contribution is -2.05. The number of aryl methyl sites for hydroxylation is 2. The molecule has 0 aromatic heterocycles. The Morgan fingerprint density at radius 2 is 1.25 bits per heavy atom. The molecule has 0 heterocycles. The zero-order valence-electron chi connectivity index (χ0n) is 10.5. The molecule has 0 saturated heterocycles. The Kier molecular flexibility index (Phi) is 5.14. The Balaban J connectivity index is 3.01. The second kappa shape index (κ2) is 5.93. The van der Waals surface area contributed by atoms with Gasteiger partial charge in [0, 0.05) is 10.8 Å². The topological polar surface area (TPSA) is 0 Å². The van der Waals surface area contributed by atoms with Gasteiger partial charge in [0.2, 0.25) is 0 Å². The molecule has 90 valence electrons. The summed E-state index contributed by atoms with van der Waals surface area (Å²) in [5.41, 5.74) is 5.35. The minimum absolute atomic E-state index is 0.183. The van der Waals surface area contributed by atoms with Crippen molar-refractivity contribution in [2.24, 2.45) is 0 Å². The van der Waals surface area contributed by atoms with Gasteiger partial charge in [0.05, 0.1) is 0 Å². The highest BCUT2D eigenvalue weighted by Crippen LogP contribution is 2.21. The smallest absolute Gasteiger partial charge is 0.0348 e. The lowest BCUT2D eigenvalue weighted by molar-refractivity contribution is 0.890. The molecule has 0 saturated carbocycles. The van der Waals surface area contributed by atoms with Gasteiger partial charge in [-0.05, 0) is 62.8 Å². The zero-order chi connectivity index (χ0) is 12.3. The molecule has 0 aliphatic rings. The highest BCUT2D eigenvalue weighted by Gasteiger charge is 2.09. The fourth-order valence-electron chi connectivity index (χ4n) is 1.99. The van der Waals surface area contributed by atoms with E-state index in [1.165, 1.54) is 22.3 Å². The molecule has 1 aromatic carbocycles. The van der Waals surface area contributed by atoms with Crippen molar-refractivity contribution in [3.05, 3.63) is 34.4 Å². The summed E-state index contributed by atoms with van der Waals surface area (Å²) in [4.78, 5) is 0. The van der Waals surface area contributed by atoms with E-state index in [-0.39, 0.29) is 10.8 Å². The minimum Gasteiger partial charge on any atom is -0.123 e. The largest absolute Gasteiger partial charge is 0.123 e. The summed E-state index contributed by atoms with van der Waals surface area (Å²) >= 11 is 12.1. The fourth-order valence-corrected chi connectivity index (χ4v) is 2.33. The van der Waals surface area contributed by atoms with Crippen LogP contribution in [0.15, 0.2) is 12.1 Å². The van der Waals surface area contributed by atoms with E-state index in [0.717, 1.165) is 12.8 Å². The van der Waals surface area contributed by atoms with Crippen molar-refractivity contribution >= 4 is 23.2 Å². The standard InChI is InChI=1S/C14H20Cl2/c1-9-5-10(2)14(7-12(4)16)8-13(9)6-11(3)15/h5,8,11-12H,6-7H2,1-4H3. The van der Waals surface area contributed by atoms with Crippen LogP contribution in [-0.2, 0) is 12.8 Å². The monoisotopic (exact) mass is 258 g/mol. The maximum absolute atomic E-state index is 6.06. The summed E-state index contributed by atoms with van der Waals surface area (Å²) in [6.45, 7) is 8.36. The van der Waals surface area contributed by atoms with Crippen molar-refractivity contribution in [3.8, 4) is 0 Å². The molecule has 0 aliphatic carbocycles. The second-order valence-electron chi connectivity index (χ2n) is 4.67. The van der Waals surface area contributed by atoms with E-state index in [2.05, 4.69) is 26.0 Å². The number of alkyl halides is 2. The Morgan fingerprint density at radius 1 is 0.875 bits per heavy atom. The lowest BCUT2D eigenvalue weighted by atomic mass is 9.95. The van der Waals surface area contributed by atoms with Crippen molar-refractivity contribution in [2.45, 2.75) is 51.3 Å². The molecule has 0 spiro atoms. The molecule has 0 nitrogen and oxygen atoms in total. The Hall–Kier alpha value is -0.200. The first-order valence-electron chi connectivity index (χ1n) is 5.77. The highest BCUT2D eigenvalue weighted by molar-refractivity contribution is 6.20. The van der Waals surface area contributed by atoms with Crippen LogP contribution in [0.25, 0.3) is 0 Å². The summed E-state index contributed by atoms with van der Waals surface area (Å²) in [5, 5.41) is 0.366. The van der Waals surface area contributed by atoms with Crippen LogP contribution >= 0.6 is 23.2 Å². The van der Waals surface area contributed by atoms with Gasteiger partial charge in [0.25, 0.3) is 0 Å². The molecule has 2 heteroatoms. The Bertz CT molecular complexity index is 323. The third-order valence-corrected chi connectivity index (χ3v) is 3.11. The molecular formula is C14H20Cl2. The number of rotatable bonds is 4. The maximum atomic E-state index is 6.06. The molecule has 0 aliphatic heterocycles. The number of hydrogen-bond acceptors (Lipinski definition) is 0. The van der Waals surface area contributed by atoms with E-state index in [4.69, 9.17) is 23.2 Å². The van der Waals surface area contributed by atoms with Crippen LogP contribution in [0.5, 0.6) is 0 Å². The molecule has 0 amide bonds. The van der Waals surface area contributed by atoms with E-state index >= 15 is 0 Å². The normalized spacial score (nSPS) is 14.9. The van der Waals surface area contributed by atoms with Crippen molar-refractivity contribution in [3.63, 3.8) is 0 Å². The van der Waals surface area contributed by atoms with E-state index in [0.29, 0.717) is 0 Å². The summed E-state index contributed by atoms with van der Waals surface area (Å²) in [6.07, 6.45) is 1.86. The summed E-state index contributed by atoms with van der Waals surface area (Å²) in [7, 11) is 0. The SMILES string of the molecule is Cc1cc(C)c(CC(C)Cl)cc1CC(C)Cl. The average molecular weight is 259 g/mol. The average Bonchev–Trinajstić information content (AvgIpc) is 2.11. The first-order valence-corrected chi connectivity index (χ1v) is 6.64. The molecule has 0 radical (unpaired) electrons. The van der Waals surface area contributed by atoms with Gasteiger partial charge >= 0.3 is 0 Å². The minimum atomic E-state index is 0.183. The van der Waals surface area contributed by atoms with Gasteiger partial charge in [-0.1, -0.05) is 12.1 Å². The van der Waals surface area contributed by atoms with Crippen LogP contribution in [-0.4, -0.2) is 10.8 Å². The molecule has 1 rings (SSSR count). The van der Waals surface area contributed by atoms with Crippen LogP contribution in [0.1, 0.15) is 36.1 Å². The number of hydrogen-bond donors (Lipinski definition) is 0. The molecule has 0 fully saturated rings. The van der Waals surface area contributed by atoms with Crippen molar-refractivity contribution in [2.75, 3.05) is 0 Å². The summed E-state index contributed by atoms with van der Waals surface area (Å²) in [5.74, 6) is 0. The predicted molar refractivity (Wildman–Crippen MR) is 74.0 cm³/mol. The van der Waals surface area contributed by atoms with E-state index in [9.17, 15) is 0 Å². The lowest BCUT2D eigenvalue weighted by Gasteiger charge is -2.14. The first-order chi connectivity index (χ1) is 7.40. The molecule has 2 atom stereocenters. The van der Waals surface area contributed by atoms with Gasteiger partial charge in [0.1, 0.15) is 0 Å². The number of benzene rings is 1. The molecule has 0 N–H and O–H groups in total. The van der Waals surface area contributed by atoms with Crippen LogP contribution in [0.3, 0.4) is 0 Å². The fraction of sp³-hybridized carbons (Fsp3) is 0.571. The van der Waals surface area contributed by atoms with E-state index < -0.39 is 0 Å². The van der Waals surface area contributed by atoms with E-state index in [1.54, 1.807) is 0 Å². The number of halogens is 2. The first kappa shape index (κ1) is 13.9. The molecule has 1 aromatic rings. The third-order valence-electron chi connectivity index (χ3n) is 2.80. The van der Waals surface area contributed by atoms with Crippen LogP contribution < -0.4 is 0 Å². The molecule has 2 unspecified atom stereocenters. The van der Waals surface area contributed by atoms with Crippen molar-refractivity contribution < 1.29 is 0 Å². The Labute approximate surface area is 109 Å². The summed E-state index contributed by atoms with van der Waals surface area (Å²) < 4.78 is 0. The van der Waals surface area contributed by atoms with Gasteiger partial charge < -0.3 is 0 Å². The van der Waals surface area contributed by atoms with Gasteiger partial charge in [-0.15, -0.1) is 23.2 Å². The predicted octanol–water partition coefficient (Wildman–Crippen LogP) is 4.64. The molecular weight excluding hydrogens is 239 g/mol. The third kappa shape index (κ3) is 3.99. The molecule has 0 bridgehead atoms. The van der Waals surface area contributed by atoms with Crippen molar-refractivity contribution in [1.82, 2.24) is 0 Å². The zero-order valence-corrected chi connectivity index (χ0v) is 12.0. The maximum Gasteiger partial charge on any atom is 0.0348 e. The van der Waals surface area contributed by atoms with Gasteiger partial charge in [0.15, 0.2) is 0 Å². The Morgan fingerprint density at radius 3 is 1.56 bits per heavy atom. The van der Waals surface area contributed by atoms with Gasteiger partial charge in [-0.3, -0.25) is 0 Å². The second-order valence-corrected chi connectivity index (χ2v) is 6.17. The summed E-state index contributed by atoms with van der Waals surface area (Å²) in [6, 6.07) is 4.51. The van der Waals surface area contributed by atoms with Crippen LogP contribution in [0.4, 0.5) is 0 Å². The van der Waals surface area contributed by atoms with Gasteiger partial charge in [-0.2, -0.15) is 0 Å². The quantitative estimate of drug-likeness (QED) is 0.691. The van der Waals surface area contributed by atoms with Crippen LogP contribution in [0.2, 0.25) is 0 Å². The van der Waals surface area contributed by atoms with E-state index in [1.807, 2.05) is 13.8 Å². The molecule has 16 heavy (non-hydrogen) atoms. The van der Waals surface area contributed by atoms with Crippen molar-refractivity contribution in [1.29, 1.82) is 0 Å². The highest BCUT2D eigenvalue weighted by atomic mass is 35.5.